The fourth-order valence-electron chi connectivity index (χ4n) is 2.08. The summed E-state index contributed by atoms with van der Waals surface area (Å²) in [6.07, 6.45) is 1.58. The van der Waals surface area contributed by atoms with Crippen LogP contribution in [0.4, 0.5) is 5.69 Å². The molecule has 5 heteroatoms. The van der Waals surface area contributed by atoms with Gasteiger partial charge in [0.1, 0.15) is 0 Å². The third-order valence-electron chi connectivity index (χ3n) is 3.22. The maximum Gasteiger partial charge on any atom is 0.261 e. The van der Waals surface area contributed by atoms with Gasteiger partial charge in [-0.05, 0) is 37.6 Å². The number of aryl methyl sites for hydroxylation is 1. The molecule has 0 heterocycles. The van der Waals surface area contributed by atoms with Gasteiger partial charge in [-0.15, -0.1) is 0 Å². The molecule has 0 radical (unpaired) electrons. The molecule has 0 aliphatic heterocycles. The predicted octanol–water partition coefficient (Wildman–Crippen LogP) is 3.80. The van der Waals surface area contributed by atoms with Crippen molar-refractivity contribution in [1.82, 2.24) is 0 Å². The monoisotopic (exact) mass is 317 g/mol. The smallest absolute Gasteiger partial charge is 0.261 e. The van der Waals surface area contributed by atoms with E-state index in [1.807, 2.05) is 26.0 Å². The number of anilines is 1. The summed E-state index contributed by atoms with van der Waals surface area (Å²) in [5.41, 5.74) is 3.15. The lowest BCUT2D eigenvalue weighted by atomic mass is 10.1. The molecule has 116 valence electrons. The second-order valence-electron chi connectivity index (χ2n) is 5.00. The van der Waals surface area contributed by atoms with Gasteiger partial charge in [-0.25, -0.2) is 8.42 Å². The van der Waals surface area contributed by atoms with Gasteiger partial charge in [-0.1, -0.05) is 35.9 Å². The highest BCUT2D eigenvalue weighted by Crippen LogP contribution is 2.26. The van der Waals surface area contributed by atoms with E-state index in [-0.39, 0.29) is 4.90 Å². The standard InChI is InChI=1S/C17H19NO3S/c1-13-8-10-15(11-9-13)22(19,20)18-17-7-5-4-6-16(17)14(2)12-21-3/h4-12,18H,1-3H3. The van der Waals surface area contributed by atoms with Crippen molar-refractivity contribution in [3.05, 3.63) is 65.9 Å². The second kappa shape index (κ2) is 6.66. The lowest BCUT2D eigenvalue weighted by molar-refractivity contribution is 0.339. The number of ether oxygens (including phenoxy) is 1. The van der Waals surface area contributed by atoms with Crippen LogP contribution in [0.2, 0.25) is 0 Å². The fourth-order valence-corrected chi connectivity index (χ4v) is 3.16. The van der Waals surface area contributed by atoms with Crippen LogP contribution in [0.25, 0.3) is 5.57 Å². The Balaban J connectivity index is 2.38. The maximum atomic E-state index is 12.5. The molecular weight excluding hydrogens is 298 g/mol. The van der Waals surface area contributed by atoms with Crippen LogP contribution < -0.4 is 4.72 Å². The highest BCUT2D eigenvalue weighted by atomic mass is 32.2. The van der Waals surface area contributed by atoms with E-state index >= 15 is 0 Å². The number of methoxy groups -OCH3 is 1. The molecule has 4 nitrogen and oxygen atoms in total. The van der Waals surface area contributed by atoms with Crippen LogP contribution in [0.1, 0.15) is 18.1 Å². The minimum atomic E-state index is -3.62. The zero-order chi connectivity index (χ0) is 16.2. The van der Waals surface area contributed by atoms with Crippen molar-refractivity contribution in [2.24, 2.45) is 0 Å². The van der Waals surface area contributed by atoms with Gasteiger partial charge >= 0.3 is 0 Å². The average Bonchev–Trinajstić information content (AvgIpc) is 2.48. The summed E-state index contributed by atoms with van der Waals surface area (Å²) in [6.45, 7) is 3.78. The number of sulfonamides is 1. The van der Waals surface area contributed by atoms with E-state index in [2.05, 4.69) is 4.72 Å². The Morgan fingerprint density at radius 2 is 1.73 bits per heavy atom. The van der Waals surface area contributed by atoms with Crippen LogP contribution in [0.15, 0.2) is 59.7 Å². The van der Waals surface area contributed by atoms with E-state index in [9.17, 15) is 8.42 Å². The summed E-state index contributed by atoms with van der Waals surface area (Å²) in [4.78, 5) is 0.237. The van der Waals surface area contributed by atoms with Crippen molar-refractivity contribution in [1.29, 1.82) is 0 Å². The number of hydrogen-bond acceptors (Lipinski definition) is 3. The topological polar surface area (TPSA) is 55.4 Å². The van der Waals surface area contributed by atoms with Crippen LogP contribution in [0.3, 0.4) is 0 Å². The molecule has 2 aromatic rings. The van der Waals surface area contributed by atoms with Crippen molar-refractivity contribution in [3.8, 4) is 0 Å². The molecule has 0 unspecified atom stereocenters. The Hall–Kier alpha value is -2.27. The first-order chi connectivity index (χ1) is 10.4. The summed E-state index contributed by atoms with van der Waals surface area (Å²) in [5, 5.41) is 0. The van der Waals surface area contributed by atoms with E-state index in [1.54, 1.807) is 49.8 Å². The normalized spacial score (nSPS) is 12.0. The first-order valence-electron chi connectivity index (χ1n) is 6.82. The van der Waals surface area contributed by atoms with E-state index < -0.39 is 10.0 Å². The van der Waals surface area contributed by atoms with E-state index in [0.717, 1.165) is 16.7 Å². The Kier molecular flexibility index (Phi) is 4.88. The molecule has 0 bridgehead atoms. The third kappa shape index (κ3) is 3.68. The molecule has 0 aromatic heterocycles. The van der Waals surface area contributed by atoms with Crippen LogP contribution in [0, 0.1) is 6.92 Å². The Labute approximate surface area is 131 Å². The van der Waals surface area contributed by atoms with Crippen molar-refractivity contribution in [3.63, 3.8) is 0 Å². The molecule has 2 rings (SSSR count). The van der Waals surface area contributed by atoms with Crippen molar-refractivity contribution in [2.45, 2.75) is 18.7 Å². The Bertz CT molecular complexity index is 778. The van der Waals surface area contributed by atoms with Crippen molar-refractivity contribution < 1.29 is 13.2 Å². The number of benzene rings is 2. The van der Waals surface area contributed by atoms with Gasteiger partial charge in [0.2, 0.25) is 0 Å². The van der Waals surface area contributed by atoms with Gasteiger partial charge in [-0.2, -0.15) is 0 Å². The van der Waals surface area contributed by atoms with Crippen LogP contribution >= 0.6 is 0 Å². The van der Waals surface area contributed by atoms with Crippen molar-refractivity contribution in [2.75, 3.05) is 11.8 Å². The molecule has 22 heavy (non-hydrogen) atoms. The van der Waals surface area contributed by atoms with Gasteiger partial charge < -0.3 is 4.74 Å². The van der Waals surface area contributed by atoms with Crippen LogP contribution in [0.5, 0.6) is 0 Å². The average molecular weight is 317 g/mol. The lowest BCUT2D eigenvalue weighted by Crippen LogP contribution is -2.14. The molecule has 0 atom stereocenters. The largest absolute Gasteiger partial charge is 0.504 e. The van der Waals surface area contributed by atoms with Gasteiger partial charge in [0.25, 0.3) is 10.0 Å². The van der Waals surface area contributed by atoms with Crippen molar-refractivity contribution >= 4 is 21.3 Å². The Morgan fingerprint density at radius 1 is 1.09 bits per heavy atom. The second-order valence-corrected chi connectivity index (χ2v) is 6.68. The molecule has 2 aromatic carbocycles. The van der Waals surface area contributed by atoms with E-state index in [1.165, 1.54) is 0 Å². The first kappa shape index (κ1) is 16.1. The number of nitrogens with one attached hydrogen (secondary N) is 1. The molecule has 0 amide bonds. The Morgan fingerprint density at radius 3 is 2.36 bits per heavy atom. The number of hydrogen-bond donors (Lipinski definition) is 1. The molecular formula is C17H19NO3S. The summed E-state index contributed by atoms with van der Waals surface area (Å²) in [7, 11) is -2.06. The number of allylic oxidation sites excluding steroid dienone is 1. The molecule has 0 aliphatic carbocycles. The molecule has 0 spiro atoms. The molecule has 1 N–H and O–H groups in total. The van der Waals surface area contributed by atoms with Crippen LogP contribution in [-0.2, 0) is 14.8 Å². The highest BCUT2D eigenvalue weighted by Gasteiger charge is 2.16. The molecule has 0 saturated heterocycles. The van der Waals surface area contributed by atoms with Gasteiger partial charge in [-0.3, -0.25) is 4.72 Å². The van der Waals surface area contributed by atoms with E-state index in [4.69, 9.17) is 4.74 Å². The van der Waals surface area contributed by atoms with Crippen LogP contribution in [-0.4, -0.2) is 15.5 Å². The lowest BCUT2D eigenvalue weighted by Gasteiger charge is -2.13. The van der Waals surface area contributed by atoms with Gasteiger partial charge in [0.15, 0.2) is 0 Å². The molecule has 0 fully saturated rings. The zero-order valence-electron chi connectivity index (χ0n) is 12.8. The predicted molar refractivity (Wildman–Crippen MR) is 89.1 cm³/mol. The molecule has 0 aliphatic rings. The minimum Gasteiger partial charge on any atom is -0.504 e. The zero-order valence-corrected chi connectivity index (χ0v) is 13.6. The summed E-state index contributed by atoms with van der Waals surface area (Å²) >= 11 is 0. The number of para-hydroxylation sites is 1. The molecule has 0 saturated carbocycles. The maximum absolute atomic E-state index is 12.5. The first-order valence-corrected chi connectivity index (χ1v) is 8.31. The van der Waals surface area contributed by atoms with Gasteiger partial charge in [0.05, 0.1) is 24.0 Å². The SMILES string of the molecule is COC=C(C)c1ccccc1NS(=O)(=O)c1ccc(C)cc1. The summed E-state index contributed by atoms with van der Waals surface area (Å²) in [6, 6.07) is 14.0. The summed E-state index contributed by atoms with van der Waals surface area (Å²) < 4.78 is 32.6. The van der Waals surface area contributed by atoms with E-state index in [0.29, 0.717) is 5.69 Å². The highest BCUT2D eigenvalue weighted by molar-refractivity contribution is 7.92. The number of rotatable bonds is 5. The summed E-state index contributed by atoms with van der Waals surface area (Å²) in [5.74, 6) is 0. The third-order valence-corrected chi connectivity index (χ3v) is 4.60. The van der Waals surface area contributed by atoms with Gasteiger partial charge in [0, 0.05) is 5.56 Å². The minimum absolute atomic E-state index is 0.237. The quantitative estimate of drug-likeness (QED) is 0.853. The fraction of sp³-hybridized carbons (Fsp3) is 0.176.